The molecule has 3 saturated carbocycles. The summed E-state index contributed by atoms with van der Waals surface area (Å²) in [5.41, 5.74) is 1.96. The standard InChI is InChI=1S/C29H39N3O4/c1-19(33)29(35)13-10-25-23-7-6-21-15-22(8-11-27(21,2)24(23)9-12-28(25,29)3)32-36-18-26(34)31-17-20-5-4-14-30-16-20/h4-5,14-16,23-25,35H,6-13,17-18H2,1-3H3,(H,31,34)/b32-22+/t23-,24+,25+,27+,28+,29+/m1/s1. The maximum Gasteiger partial charge on any atom is 0.261 e. The number of Topliss-reactive ketones (excluding diaryl/α,β-unsaturated/α-hetero) is 1. The minimum atomic E-state index is -1.16. The van der Waals surface area contributed by atoms with Crippen molar-refractivity contribution in [3.05, 3.63) is 41.7 Å². The number of allylic oxidation sites excluding steroid dienone is 2. The summed E-state index contributed by atoms with van der Waals surface area (Å²) in [6.07, 6.45) is 13.1. The molecular formula is C29H39N3O4. The first-order valence-electron chi connectivity index (χ1n) is 13.5. The van der Waals surface area contributed by atoms with Crippen LogP contribution in [0.3, 0.4) is 0 Å². The number of amides is 1. The molecule has 36 heavy (non-hydrogen) atoms. The molecule has 3 fully saturated rings. The van der Waals surface area contributed by atoms with E-state index in [2.05, 4.69) is 35.4 Å². The van der Waals surface area contributed by atoms with Crippen LogP contribution in [0.25, 0.3) is 0 Å². The molecule has 1 aromatic heterocycles. The molecule has 1 aromatic rings. The van der Waals surface area contributed by atoms with Gasteiger partial charge in [0.1, 0.15) is 5.60 Å². The number of fused-ring (bicyclic) bond motifs is 5. The molecule has 4 aliphatic carbocycles. The molecule has 0 aromatic carbocycles. The van der Waals surface area contributed by atoms with Gasteiger partial charge in [0, 0.05) is 24.4 Å². The zero-order chi connectivity index (χ0) is 25.6. The zero-order valence-corrected chi connectivity index (χ0v) is 21.8. The maximum absolute atomic E-state index is 12.4. The van der Waals surface area contributed by atoms with Crippen molar-refractivity contribution in [2.24, 2.45) is 33.7 Å². The second kappa shape index (κ2) is 9.40. The van der Waals surface area contributed by atoms with E-state index in [4.69, 9.17) is 4.84 Å². The van der Waals surface area contributed by atoms with E-state index in [0.29, 0.717) is 30.7 Å². The highest BCUT2D eigenvalue weighted by molar-refractivity contribution is 5.96. The smallest absolute Gasteiger partial charge is 0.261 e. The Morgan fingerprint density at radius 2 is 1.97 bits per heavy atom. The Labute approximate surface area is 213 Å². The van der Waals surface area contributed by atoms with Crippen molar-refractivity contribution in [2.75, 3.05) is 6.61 Å². The van der Waals surface area contributed by atoms with Crippen LogP contribution in [0.4, 0.5) is 0 Å². The molecule has 7 nitrogen and oxygen atoms in total. The Morgan fingerprint density at radius 1 is 1.17 bits per heavy atom. The van der Waals surface area contributed by atoms with Crippen molar-refractivity contribution in [1.82, 2.24) is 10.3 Å². The van der Waals surface area contributed by atoms with Crippen LogP contribution in [0.15, 0.2) is 41.3 Å². The van der Waals surface area contributed by atoms with Gasteiger partial charge >= 0.3 is 0 Å². The van der Waals surface area contributed by atoms with Crippen LogP contribution in [0.5, 0.6) is 0 Å². The molecular weight excluding hydrogens is 454 g/mol. The summed E-state index contributed by atoms with van der Waals surface area (Å²) in [5, 5.41) is 18.5. The highest BCUT2D eigenvalue weighted by atomic mass is 16.6. The number of carbonyl (C=O) groups excluding carboxylic acids is 2. The van der Waals surface area contributed by atoms with E-state index in [0.717, 1.165) is 56.2 Å². The number of carbonyl (C=O) groups is 2. The lowest BCUT2D eigenvalue weighted by Gasteiger charge is -2.59. The second-order valence-electron chi connectivity index (χ2n) is 11.9. The molecule has 0 aliphatic heterocycles. The molecule has 194 valence electrons. The maximum atomic E-state index is 12.4. The number of nitrogens with zero attached hydrogens (tertiary/aromatic N) is 2. The van der Waals surface area contributed by atoms with Crippen molar-refractivity contribution in [1.29, 1.82) is 0 Å². The lowest BCUT2D eigenvalue weighted by Crippen LogP contribution is -2.57. The third-order valence-electron chi connectivity index (χ3n) is 10.3. The molecule has 1 heterocycles. The third-order valence-corrected chi connectivity index (χ3v) is 10.3. The van der Waals surface area contributed by atoms with Gasteiger partial charge in [-0.15, -0.1) is 0 Å². The normalized spacial score (nSPS) is 38.4. The van der Waals surface area contributed by atoms with Gasteiger partial charge in [0.2, 0.25) is 0 Å². The van der Waals surface area contributed by atoms with E-state index in [-0.39, 0.29) is 29.1 Å². The zero-order valence-electron chi connectivity index (χ0n) is 21.8. The van der Waals surface area contributed by atoms with Crippen molar-refractivity contribution in [3.8, 4) is 0 Å². The number of aliphatic hydroxyl groups is 1. The Morgan fingerprint density at radius 3 is 2.72 bits per heavy atom. The van der Waals surface area contributed by atoms with Crippen molar-refractivity contribution in [2.45, 2.75) is 84.3 Å². The number of hydrogen-bond acceptors (Lipinski definition) is 6. The SMILES string of the molecule is CC(=O)[C@@]1(O)CC[C@H]2[C@@H]3CCC4=C/C(=N/OCC(=O)NCc5cccnc5)CC[C@]4(C)[C@H]3CC[C@@]21C. The lowest BCUT2D eigenvalue weighted by molar-refractivity contribution is -0.159. The molecule has 7 heteroatoms. The summed E-state index contributed by atoms with van der Waals surface area (Å²) >= 11 is 0. The molecule has 0 spiro atoms. The van der Waals surface area contributed by atoms with Gasteiger partial charge in [-0.1, -0.05) is 30.6 Å². The summed E-state index contributed by atoms with van der Waals surface area (Å²) in [6.45, 7) is 6.46. The van der Waals surface area contributed by atoms with Crippen LogP contribution in [0, 0.1) is 28.6 Å². The monoisotopic (exact) mass is 493 g/mol. The van der Waals surface area contributed by atoms with Crippen LogP contribution in [-0.2, 0) is 21.0 Å². The summed E-state index contributed by atoms with van der Waals surface area (Å²) in [4.78, 5) is 34.0. The van der Waals surface area contributed by atoms with E-state index in [9.17, 15) is 14.7 Å². The van der Waals surface area contributed by atoms with E-state index in [1.165, 1.54) is 5.57 Å². The van der Waals surface area contributed by atoms with Crippen molar-refractivity contribution < 1.29 is 19.5 Å². The fraction of sp³-hybridized carbons (Fsp3) is 0.655. The lowest BCUT2D eigenvalue weighted by atomic mass is 9.46. The minimum absolute atomic E-state index is 0.0576. The Bertz CT molecular complexity index is 1090. The number of aromatic nitrogens is 1. The summed E-state index contributed by atoms with van der Waals surface area (Å²) in [6, 6.07) is 3.75. The van der Waals surface area contributed by atoms with Gasteiger partial charge in [0.25, 0.3) is 5.91 Å². The Balaban J connectivity index is 1.22. The van der Waals surface area contributed by atoms with Crippen LogP contribution in [0.2, 0.25) is 0 Å². The van der Waals surface area contributed by atoms with E-state index in [1.54, 1.807) is 19.3 Å². The Hall–Kier alpha value is -2.54. The fourth-order valence-electron chi connectivity index (χ4n) is 8.17. The largest absolute Gasteiger partial charge is 0.385 e. The number of oxime groups is 1. The fourth-order valence-corrected chi connectivity index (χ4v) is 8.17. The highest BCUT2D eigenvalue weighted by Gasteiger charge is 2.65. The van der Waals surface area contributed by atoms with Crippen LogP contribution in [0.1, 0.15) is 77.7 Å². The Kier molecular flexibility index (Phi) is 6.56. The first kappa shape index (κ1) is 25.1. The van der Waals surface area contributed by atoms with Gasteiger partial charge in [-0.2, -0.15) is 0 Å². The number of pyridine rings is 1. The first-order valence-corrected chi connectivity index (χ1v) is 13.5. The number of hydrogen-bond donors (Lipinski definition) is 2. The molecule has 6 atom stereocenters. The van der Waals surface area contributed by atoms with Crippen molar-refractivity contribution in [3.63, 3.8) is 0 Å². The van der Waals surface area contributed by atoms with Gasteiger partial charge in [-0.25, -0.2) is 0 Å². The molecule has 2 N–H and O–H groups in total. The van der Waals surface area contributed by atoms with Gasteiger partial charge in [-0.3, -0.25) is 14.6 Å². The quantitative estimate of drug-likeness (QED) is 0.574. The second-order valence-corrected chi connectivity index (χ2v) is 11.9. The molecule has 4 aliphatic rings. The van der Waals surface area contributed by atoms with Gasteiger partial charge in [0.15, 0.2) is 12.4 Å². The number of nitrogens with one attached hydrogen (secondary N) is 1. The first-order chi connectivity index (χ1) is 17.2. The molecule has 1 amide bonds. The van der Waals surface area contributed by atoms with E-state index >= 15 is 0 Å². The van der Waals surface area contributed by atoms with E-state index < -0.39 is 5.60 Å². The van der Waals surface area contributed by atoms with Crippen molar-refractivity contribution >= 4 is 17.4 Å². The molecule has 0 saturated heterocycles. The molecule has 5 rings (SSSR count). The minimum Gasteiger partial charge on any atom is -0.385 e. The highest BCUT2D eigenvalue weighted by Crippen LogP contribution is 2.67. The summed E-state index contributed by atoms with van der Waals surface area (Å²) in [5.74, 6) is 1.28. The number of ketones is 1. The predicted molar refractivity (Wildman–Crippen MR) is 137 cm³/mol. The average molecular weight is 494 g/mol. The van der Waals surface area contributed by atoms with E-state index in [1.807, 2.05) is 12.1 Å². The topological polar surface area (TPSA) is 101 Å². The van der Waals surface area contributed by atoms with Crippen LogP contribution >= 0.6 is 0 Å². The summed E-state index contributed by atoms with van der Waals surface area (Å²) in [7, 11) is 0. The average Bonchev–Trinajstić information content (AvgIpc) is 3.15. The van der Waals surface area contributed by atoms with Crippen LogP contribution < -0.4 is 5.32 Å². The molecule has 0 unspecified atom stereocenters. The third kappa shape index (κ3) is 4.09. The summed E-state index contributed by atoms with van der Waals surface area (Å²) < 4.78 is 0. The van der Waals surface area contributed by atoms with Crippen LogP contribution in [-0.4, -0.2) is 39.7 Å². The van der Waals surface area contributed by atoms with Gasteiger partial charge in [0.05, 0.1) is 5.71 Å². The van der Waals surface area contributed by atoms with Gasteiger partial charge < -0.3 is 15.3 Å². The molecule has 0 bridgehead atoms. The number of rotatable bonds is 6. The predicted octanol–water partition coefficient (Wildman–Crippen LogP) is 4.35. The van der Waals surface area contributed by atoms with Gasteiger partial charge in [-0.05, 0) is 99.2 Å². The molecule has 0 radical (unpaired) electrons.